The highest BCUT2D eigenvalue weighted by Crippen LogP contribution is 2.35. The van der Waals surface area contributed by atoms with Crippen molar-refractivity contribution in [2.24, 2.45) is 11.8 Å². The summed E-state index contributed by atoms with van der Waals surface area (Å²) in [6, 6.07) is 20.1. The van der Waals surface area contributed by atoms with E-state index in [0.29, 0.717) is 35.6 Å². The molecule has 0 aliphatic heterocycles. The van der Waals surface area contributed by atoms with E-state index in [1.807, 2.05) is 42.5 Å². The van der Waals surface area contributed by atoms with Crippen molar-refractivity contribution in [2.75, 3.05) is 19.5 Å². The molecule has 3 aromatic rings. The lowest BCUT2D eigenvalue weighted by atomic mass is 9.88. The largest absolute Gasteiger partial charge is 0.493 e. The number of anilines is 1. The summed E-state index contributed by atoms with van der Waals surface area (Å²) in [4.78, 5) is 36.8. The van der Waals surface area contributed by atoms with Gasteiger partial charge in [0.15, 0.2) is 17.3 Å². The summed E-state index contributed by atoms with van der Waals surface area (Å²) in [5.74, 6) is -0.994. The number of ketones is 1. The van der Waals surface area contributed by atoms with E-state index in [1.165, 1.54) is 0 Å². The number of nitrogens with one attached hydrogen (secondary N) is 1. The van der Waals surface area contributed by atoms with Crippen LogP contribution in [0.3, 0.4) is 0 Å². The van der Waals surface area contributed by atoms with Crippen molar-refractivity contribution in [3.05, 3.63) is 77.9 Å². The van der Waals surface area contributed by atoms with Crippen molar-refractivity contribution in [1.82, 2.24) is 0 Å². The number of rotatable bonds is 9. The third-order valence-electron chi connectivity index (χ3n) is 6.65. The van der Waals surface area contributed by atoms with Crippen LogP contribution in [0.25, 0.3) is 11.1 Å². The van der Waals surface area contributed by atoms with Gasteiger partial charge in [-0.1, -0.05) is 48.9 Å². The number of carboxylic acid groups (broad SMARTS) is 1. The number of carbonyl (C=O) groups excluding carboxylic acids is 2. The third-order valence-corrected chi connectivity index (χ3v) is 6.65. The van der Waals surface area contributed by atoms with E-state index in [2.05, 4.69) is 5.32 Å². The molecule has 2 atom stereocenters. The van der Waals surface area contributed by atoms with Crippen LogP contribution in [0, 0.1) is 11.8 Å². The fraction of sp³-hybridized carbons (Fsp3) is 0.276. The van der Waals surface area contributed by atoms with Gasteiger partial charge < -0.3 is 19.9 Å². The second-order valence-corrected chi connectivity index (χ2v) is 8.92. The Morgan fingerprint density at radius 2 is 1.44 bits per heavy atom. The molecule has 0 heterocycles. The maximum absolute atomic E-state index is 12.8. The van der Waals surface area contributed by atoms with Gasteiger partial charge in [-0.25, -0.2) is 0 Å². The molecule has 186 valence electrons. The van der Waals surface area contributed by atoms with Gasteiger partial charge in [-0.3, -0.25) is 14.4 Å². The van der Waals surface area contributed by atoms with Crippen molar-refractivity contribution in [1.29, 1.82) is 0 Å². The Kier molecular flexibility index (Phi) is 7.68. The van der Waals surface area contributed by atoms with Crippen LogP contribution < -0.4 is 14.8 Å². The first-order valence-corrected chi connectivity index (χ1v) is 11.9. The smallest absolute Gasteiger partial charge is 0.307 e. The average molecular weight is 488 g/mol. The van der Waals surface area contributed by atoms with Crippen molar-refractivity contribution in [2.45, 2.75) is 25.7 Å². The number of ether oxygens (including phenoxy) is 2. The normalized spacial score (nSPS) is 16.8. The molecular weight excluding hydrogens is 458 g/mol. The topological polar surface area (TPSA) is 102 Å². The number of benzene rings is 3. The van der Waals surface area contributed by atoms with E-state index in [0.717, 1.165) is 23.1 Å². The van der Waals surface area contributed by atoms with Crippen LogP contribution in [0.5, 0.6) is 11.5 Å². The molecule has 0 bridgehead atoms. The minimum absolute atomic E-state index is 0.0982. The Labute approximate surface area is 210 Å². The van der Waals surface area contributed by atoms with Gasteiger partial charge in [0.05, 0.1) is 26.6 Å². The molecule has 1 fully saturated rings. The molecule has 2 unspecified atom stereocenters. The highest BCUT2D eigenvalue weighted by molar-refractivity contribution is 6.00. The zero-order chi connectivity index (χ0) is 25.7. The third kappa shape index (κ3) is 5.57. The second-order valence-electron chi connectivity index (χ2n) is 8.92. The molecule has 0 saturated heterocycles. The van der Waals surface area contributed by atoms with Crippen molar-refractivity contribution in [3.63, 3.8) is 0 Å². The lowest BCUT2D eigenvalue weighted by molar-refractivity contribution is -0.142. The summed E-state index contributed by atoms with van der Waals surface area (Å²) < 4.78 is 10.5. The van der Waals surface area contributed by atoms with E-state index in [1.54, 1.807) is 38.5 Å². The number of carboxylic acids is 1. The molecule has 7 nitrogen and oxygen atoms in total. The van der Waals surface area contributed by atoms with E-state index in [-0.39, 0.29) is 18.1 Å². The molecule has 4 rings (SSSR count). The van der Waals surface area contributed by atoms with Gasteiger partial charge in [0, 0.05) is 17.2 Å². The zero-order valence-corrected chi connectivity index (χ0v) is 20.3. The first-order valence-electron chi connectivity index (χ1n) is 11.9. The molecule has 0 aromatic heterocycles. The second kappa shape index (κ2) is 11.1. The molecular formula is C29H29NO6. The summed E-state index contributed by atoms with van der Waals surface area (Å²) in [6.45, 7) is 0. The predicted molar refractivity (Wildman–Crippen MR) is 137 cm³/mol. The highest BCUT2D eigenvalue weighted by Gasteiger charge is 2.37. The lowest BCUT2D eigenvalue weighted by Gasteiger charge is -2.14. The first kappa shape index (κ1) is 25.0. The SMILES string of the molecule is COc1ccc(CC(=O)Nc2ccc(-c3ccc(C(=O)C4CCCC4C(=O)O)cc3)cc2)cc1OC. The molecule has 0 radical (unpaired) electrons. The van der Waals surface area contributed by atoms with Gasteiger partial charge in [-0.2, -0.15) is 0 Å². The number of carbonyl (C=O) groups is 3. The predicted octanol–water partition coefficient (Wildman–Crippen LogP) is 5.24. The molecule has 1 aliphatic rings. The molecule has 7 heteroatoms. The van der Waals surface area contributed by atoms with Crippen LogP contribution in [-0.2, 0) is 16.0 Å². The van der Waals surface area contributed by atoms with Gasteiger partial charge in [-0.15, -0.1) is 0 Å². The van der Waals surface area contributed by atoms with Crippen LogP contribution in [0.1, 0.15) is 35.2 Å². The summed E-state index contributed by atoms with van der Waals surface area (Å²) in [5.41, 5.74) is 3.89. The maximum atomic E-state index is 12.8. The van der Waals surface area contributed by atoms with Crippen molar-refractivity contribution in [3.8, 4) is 22.6 Å². The highest BCUT2D eigenvalue weighted by atomic mass is 16.5. The van der Waals surface area contributed by atoms with Gasteiger partial charge in [0.25, 0.3) is 0 Å². The fourth-order valence-corrected chi connectivity index (χ4v) is 4.74. The maximum Gasteiger partial charge on any atom is 0.307 e. The summed E-state index contributed by atoms with van der Waals surface area (Å²) in [7, 11) is 3.12. The molecule has 2 N–H and O–H groups in total. The van der Waals surface area contributed by atoms with Crippen LogP contribution in [0.4, 0.5) is 5.69 Å². The first-order chi connectivity index (χ1) is 17.4. The number of methoxy groups -OCH3 is 2. The van der Waals surface area contributed by atoms with Crippen molar-refractivity contribution >= 4 is 23.3 Å². The number of Topliss-reactive ketones (excluding diaryl/α,β-unsaturated/α-hetero) is 1. The molecule has 36 heavy (non-hydrogen) atoms. The Morgan fingerprint density at radius 1 is 0.833 bits per heavy atom. The Bertz CT molecular complexity index is 1250. The quantitative estimate of drug-likeness (QED) is 0.401. The number of hydrogen-bond acceptors (Lipinski definition) is 5. The molecule has 1 aliphatic carbocycles. The van der Waals surface area contributed by atoms with Crippen LogP contribution in [0.15, 0.2) is 66.7 Å². The number of hydrogen-bond donors (Lipinski definition) is 2. The summed E-state index contributed by atoms with van der Waals surface area (Å²) in [5, 5.41) is 12.3. The number of amides is 1. The Morgan fingerprint density at radius 3 is 2.06 bits per heavy atom. The molecule has 1 amide bonds. The van der Waals surface area contributed by atoms with Gasteiger partial charge in [-0.05, 0) is 53.8 Å². The molecule has 3 aromatic carbocycles. The molecule has 1 saturated carbocycles. The monoisotopic (exact) mass is 487 g/mol. The van der Waals surface area contributed by atoms with Crippen LogP contribution >= 0.6 is 0 Å². The van der Waals surface area contributed by atoms with Gasteiger partial charge >= 0.3 is 5.97 Å². The van der Waals surface area contributed by atoms with Crippen LogP contribution in [-0.4, -0.2) is 37.0 Å². The van der Waals surface area contributed by atoms with Gasteiger partial charge in [0.1, 0.15) is 0 Å². The minimum Gasteiger partial charge on any atom is -0.493 e. The van der Waals surface area contributed by atoms with E-state index >= 15 is 0 Å². The number of aliphatic carboxylic acids is 1. The summed E-state index contributed by atoms with van der Waals surface area (Å²) in [6.07, 6.45) is 2.14. The zero-order valence-electron chi connectivity index (χ0n) is 20.3. The standard InChI is InChI=1S/C29H29NO6/c1-35-25-15-6-18(16-26(25)36-2)17-27(31)30-22-13-11-20(12-14-22)19-7-9-21(10-8-19)28(32)23-4-3-5-24(23)29(33)34/h6-16,23-24H,3-5,17H2,1-2H3,(H,30,31)(H,33,34). The van der Waals surface area contributed by atoms with Crippen molar-refractivity contribution < 1.29 is 29.0 Å². The fourth-order valence-electron chi connectivity index (χ4n) is 4.74. The molecule has 0 spiro atoms. The average Bonchev–Trinajstić information content (AvgIpc) is 3.39. The Hall–Kier alpha value is -4.13. The minimum atomic E-state index is -0.890. The van der Waals surface area contributed by atoms with E-state index < -0.39 is 17.8 Å². The Balaban J connectivity index is 1.38. The van der Waals surface area contributed by atoms with Gasteiger partial charge in [0.2, 0.25) is 5.91 Å². The van der Waals surface area contributed by atoms with E-state index in [4.69, 9.17) is 9.47 Å². The van der Waals surface area contributed by atoms with Crippen LogP contribution in [0.2, 0.25) is 0 Å². The van der Waals surface area contributed by atoms with E-state index in [9.17, 15) is 19.5 Å². The lowest BCUT2D eigenvalue weighted by Crippen LogP contribution is -2.25. The summed E-state index contributed by atoms with van der Waals surface area (Å²) >= 11 is 0.